The molecule has 2 N–H and O–H groups in total. The highest BCUT2D eigenvalue weighted by Crippen LogP contribution is 2.21. The van der Waals surface area contributed by atoms with Gasteiger partial charge in [-0.15, -0.1) is 0 Å². The number of carboxylic acid groups (broad SMARTS) is 1. The van der Waals surface area contributed by atoms with Crippen molar-refractivity contribution in [2.75, 3.05) is 7.11 Å². The lowest BCUT2D eigenvalue weighted by molar-refractivity contribution is -0.140. The van der Waals surface area contributed by atoms with Gasteiger partial charge in [-0.1, -0.05) is 26.2 Å². The van der Waals surface area contributed by atoms with E-state index in [4.69, 9.17) is 9.84 Å². The highest BCUT2D eigenvalue weighted by Gasteiger charge is 2.28. The molecule has 0 saturated heterocycles. The Morgan fingerprint density at radius 2 is 2.19 bits per heavy atom. The Morgan fingerprint density at radius 3 is 2.75 bits per heavy atom. The zero-order valence-electron chi connectivity index (χ0n) is 10.2. The van der Waals surface area contributed by atoms with Crippen molar-refractivity contribution in [1.82, 2.24) is 5.32 Å². The summed E-state index contributed by atoms with van der Waals surface area (Å²) in [6, 6.07) is -0.225. The van der Waals surface area contributed by atoms with Crippen LogP contribution in [0, 0.1) is 0 Å². The van der Waals surface area contributed by atoms with Crippen LogP contribution in [0.25, 0.3) is 0 Å². The number of rotatable bonds is 6. The van der Waals surface area contributed by atoms with Crippen LogP contribution in [-0.2, 0) is 9.53 Å². The molecule has 4 heteroatoms. The summed E-state index contributed by atoms with van der Waals surface area (Å²) in [5.74, 6) is -0.748. The standard InChI is InChI=1S/C12H23NO3/c1-3-6-10(12(14)15)13-9-7-4-5-8-11(9)16-2/h9-11,13H,3-8H2,1-2H3,(H,14,15). The van der Waals surface area contributed by atoms with E-state index >= 15 is 0 Å². The summed E-state index contributed by atoms with van der Waals surface area (Å²) in [5.41, 5.74) is 0. The van der Waals surface area contributed by atoms with E-state index in [1.54, 1.807) is 7.11 Å². The first kappa shape index (κ1) is 13.5. The molecule has 1 aliphatic rings. The summed E-state index contributed by atoms with van der Waals surface area (Å²) in [6.07, 6.45) is 6.14. The highest BCUT2D eigenvalue weighted by atomic mass is 16.5. The Morgan fingerprint density at radius 1 is 1.50 bits per heavy atom. The Balaban J connectivity index is 2.50. The Kier molecular flexibility index (Phi) is 5.77. The van der Waals surface area contributed by atoms with Crippen molar-refractivity contribution in [2.45, 2.75) is 63.6 Å². The lowest BCUT2D eigenvalue weighted by Crippen LogP contribution is -2.50. The second-order valence-electron chi connectivity index (χ2n) is 4.51. The molecule has 16 heavy (non-hydrogen) atoms. The molecular formula is C12H23NO3. The smallest absolute Gasteiger partial charge is 0.320 e. The first-order chi connectivity index (χ1) is 7.69. The molecule has 0 aromatic rings. The largest absolute Gasteiger partial charge is 0.480 e. The van der Waals surface area contributed by atoms with Gasteiger partial charge in [0.2, 0.25) is 0 Å². The summed E-state index contributed by atoms with van der Waals surface area (Å²) in [7, 11) is 1.71. The van der Waals surface area contributed by atoms with E-state index in [2.05, 4.69) is 5.32 Å². The molecule has 1 aliphatic carbocycles. The van der Waals surface area contributed by atoms with Gasteiger partial charge in [-0.3, -0.25) is 10.1 Å². The molecule has 0 bridgehead atoms. The summed E-state index contributed by atoms with van der Waals surface area (Å²) < 4.78 is 5.41. The van der Waals surface area contributed by atoms with Crippen molar-refractivity contribution in [3.05, 3.63) is 0 Å². The van der Waals surface area contributed by atoms with Crippen molar-refractivity contribution in [1.29, 1.82) is 0 Å². The lowest BCUT2D eigenvalue weighted by Gasteiger charge is -2.33. The van der Waals surface area contributed by atoms with Crippen LogP contribution < -0.4 is 5.32 Å². The number of hydrogen-bond acceptors (Lipinski definition) is 3. The van der Waals surface area contributed by atoms with Gasteiger partial charge in [-0.2, -0.15) is 0 Å². The maximum absolute atomic E-state index is 11.1. The minimum atomic E-state index is -0.748. The van der Waals surface area contributed by atoms with Crippen LogP contribution in [0.15, 0.2) is 0 Å². The summed E-state index contributed by atoms with van der Waals surface area (Å²) >= 11 is 0. The van der Waals surface area contributed by atoms with Gasteiger partial charge in [-0.05, 0) is 19.3 Å². The number of hydrogen-bond donors (Lipinski definition) is 2. The van der Waals surface area contributed by atoms with Crippen molar-refractivity contribution < 1.29 is 14.6 Å². The number of carboxylic acids is 1. The number of aliphatic carboxylic acids is 1. The average molecular weight is 229 g/mol. The second-order valence-corrected chi connectivity index (χ2v) is 4.51. The third-order valence-corrected chi connectivity index (χ3v) is 3.30. The fourth-order valence-corrected chi connectivity index (χ4v) is 2.39. The molecule has 94 valence electrons. The van der Waals surface area contributed by atoms with E-state index in [0.29, 0.717) is 6.42 Å². The van der Waals surface area contributed by atoms with E-state index < -0.39 is 12.0 Å². The van der Waals surface area contributed by atoms with E-state index in [-0.39, 0.29) is 12.1 Å². The summed E-state index contributed by atoms with van der Waals surface area (Å²) in [4.78, 5) is 11.1. The van der Waals surface area contributed by atoms with Gasteiger partial charge in [0, 0.05) is 13.2 Å². The number of carbonyl (C=O) groups is 1. The number of ether oxygens (including phenoxy) is 1. The maximum atomic E-state index is 11.1. The van der Waals surface area contributed by atoms with Crippen LogP contribution >= 0.6 is 0 Å². The molecule has 1 fully saturated rings. The Bertz CT molecular complexity index is 220. The summed E-state index contributed by atoms with van der Waals surface area (Å²) in [5, 5.41) is 12.3. The molecular weight excluding hydrogens is 206 g/mol. The van der Waals surface area contributed by atoms with Crippen LogP contribution in [0.3, 0.4) is 0 Å². The zero-order valence-corrected chi connectivity index (χ0v) is 10.2. The predicted octanol–water partition coefficient (Wildman–Crippen LogP) is 1.79. The molecule has 3 unspecified atom stereocenters. The quantitative estimate of drug-likeness (QED) is 0.729. The third-order valence-electron chi connectivity index (χ3n) is 3.30. The molecule has 0 spiro atoms. The third kappa shape index (κ3) is 3.76. The molecule has 0 heterocycles. The van der Waals surface area contributed by atoms with Gasteiger partial charge in [0.25, 0.3) is 0 Å². The van der Waals surface area contributed by atoms with Crippen LogP contribution in [0.1, 0.15) is 45.4 Å². The van der Waals surface area contributed by atoms with Crippen molar-refractivity contribution >= 4 is 5.97 Å². The van der Waals surface area contributed by atoms with Crippen LogP contribution in [0.5, 0.6) is 0 Å². The van der Waals surface area contributed by atoms with Crippen molar-refractivity contribution in [3.8, 4) is 0 Å². The van der Waals surface area contributed by atoms with E-state index in [0.717, 1.165) is 25.7 Å². The van der Waals surface area contributed by atoms with Crippen LogP contribution in [-0.4, -0.2) is 36.4 Å². The first-order valence-electron chi connectivity index (χ1n) is 6.20. The average Bonchev–Trinajstić information content (AvgIpc) is 2.29. The predicted molar refractivity (Wildman–Crippen MR) is 62.5 cm³/mol. The maximum Gasteiger partial charge on any atom is 0.320 e. The fourth-order valence-electron chi connectivity index (χ4n) is 2.39. The molecule has 0 aromatic carbocycles. The first-order valence-corrected chi connectivity index (χ1v) is 6.20. The SMILES string of the molecule is CCCC(NC1CCCCC1OC)C(=O)O. The van der Waals surface area contributed by atoms with Gasteiger partial charge < -0.3 is 9.84 Å². The molecule has 3 atom stereocenters. The number of nitrogens with one attached hydrogen (secondary N) is 1. The van der Waals surface area contributed by atoms with Gasteiger partial charge in [0.1, 0.15) is 6.04 Å². The van der Waals surface area contributed by atoms with Gasteiger partial charge in [-0.25, -0.2) is 0 Å². The fraction of sp³-hybridized carbons (Fsp3) is 0.917. The highest BCUT2D eigenvalue weighted by molar-refractivity contribution is 5.73. The molecule has 0 aromatic heterocycles. The van der Waals surface area contributed by atoms with Crippen LogP contribution in [0.4, 0.5) is 0 Å². The Labute approximate surface area is 97.4 Å². The van der Waals surface area contributed by atoms with Gasteiger partial charge >= 0.3 is 5.97 Å². The van der Waals surface area contributed by atoms with Gasteiger partial charge in [0.15, 0.2) is 0 Å². The normalized spacial score (nSPS) is 27.6. The monoisotopic (exact) mass is 229 g/mol. The summed E-state index contributed by atoms with van der Waals surface area (Å²) in [6.45, 7) is 2.01. The lowest BCUT2D eigenvalue weighted by atomic mass is 9.91. The molecule has 0 amide bonds. The minimum absolute atomic E-state index is 0.174. The molecule has 1 saturated carbocycles. The van der Waals surface area contributed by atoms with E-state index in [1.165, 1.54) is 6.42 Å². The van der Waals surface area contributed by atoms with Gasteiger partial charge in [0.05, 0.1) is 6.10 Å². The minimum Gasteiger partial charge on any atom is -0.480 e. The van der Waals surface area contributed by atoms with Crippen molar-refractivity contribution in [3.63, 3.8) is 0 Å². The number of methoxy groups -OCH3 is 1. The molecule has 4 nitrogen and oxygen atoms in total. The molecule has 0 radical (unpaired) electrons. The van der Waals surface area contributed by atoms with Crippen molar-refractivity contribution in [2.24, 2.45) is 0 Å². The Hall–Kier alpha value is -0.610. The zero-order chi connectivity index (χ0) is 12.0. The topological polar surface area (TPSA) is 58.6 Å². The van der Waals surface area contributed by atoms with E-state index in [1.807, 2.05) is 6.92 Å². The molecule has 0 aliphatic heterocycles. The second kappa shape index (κ2) is 6.86. The van der Waals surface area contributed by atoms with E-state index in [9.17, 15) is 4.79 Å². The van der Waals surface area contributed by atoms with Crippen LogP contribution in [0.2, 0.25) is 0 Å². The molecule has 1 rings (SSSR count).